The van der Waals surface area contributed by atoms with Crippen LogP contribution < -0.4 is 9.46 Å². The Balaban J connectivity index is 1.91. The Bertz CT molecular complexity index is 737. The van der Waals surface area contributed by atoms with Gasteiger partial charge >= 0.3 is 6.01 Å². The first-order valence-corrected chi connectivity index (χ1v) is 7.74. The smallest absolute Gasteiger partial charge is 0.309 e. The lowest BCUT2D eigenvalue weighted by Gasteiger charge is -2.17. The fourth-order valence-corrected chi connectivity index (χ4v) is 3.07. The molecule has 6 nitrogen and oxygen atoms in total. The van der Waals surface area contributed by atoms with E-state index < -0.39 is 10.0 Å². The van der Waals surface area contributed by atoms with Crippen LogP contribution >= 0.6 is 0 Å². The number of fused-ring (bicyclic) bond motifs is 1. The zero-order valence-electron chi connectivity index (χ0n) is 10.9. The van der Waals surface area contributed by atoms with Gasteiger partial charge in [0, 0.05) is 0 Å². The molecule has 0 bridgehead atoms. The number of anilines is 1. The Kier molecular flexibility index (Phi) is 3.13. The standard InChI is InChI=1S/C13H14N2O4S/c1-9-8-14-13(19-9)15-20(16,17)11-4-5-12-10(7-11)3-2-6-18-12/h4-5,7-8H,2-3,6H2,1H3,(H,14,15). The molecule has 0 fully saturated rings. The molecule has 0 saturated heterocycles. The van der Waals surface area contributed by atoms with Gasteiger partial charge in [0.25, 0.3) is 10.0 Å². The fourth-order valence-electron chi connectivity index (χ4n) is 2.08. The molecule has 0 unspecified atom stereocenters. The zero-order valence-corrected chi connectivity index (χ0v) is 11.7. The molecule has 1 aromatic heterocycles. The maximum absolute atomic E-state index is 12.2. The summed E-state index contributed by atoms with van der Waals surface area (Å²) in [5.41, 5.74) is 0.905. The number of ether oxygens (including phenoxy) is 1. The Labute approximate surface area is 116 Å². The molecule has 0 aliphatic carbocycles. The second-order valence-electron chi connectivity index (χ2n) is 4.60. The third-order valence-corrected chi connectivity index (χ3v) is 4.35. The largest absolute Gasteiger partial charge is 0.493 e. The van der Waals surface area contributed by atoms with Crippen molar-refractivity contribution in [2.75, 3.05) is 11.3 Å². The summed E-state index contributed by atoms with van der Waals surface area (Å²) in [6.07, 6.45) is 3.16. The van der Waals surface area contributed by atoms with E-state index in [1.54, 1.807) is 19.1 Å². The molecule has 0 saturated carbocycles. The van der Waals surface area contributed by atoms with Crippen LogP contribution in [0.1, 0.15) is 17.7 Å². The second-order valence-corrected chi connectivity index (χ2v) is 6.29. The van der Waals surface area contributed by atoms with Gasteiger partial charge in [-0.2, -0.15) is 0 Å². The molecule has 1 aromatic carbocycles. The van der Waals surface area contributed by atoms with E-state index in [2.05, 4.69) is 9.71 Å². The number of hydrogen-bond donors (Lipinski definition) is 1. The summed E-state index contributed by atoms with van der Waals surface area (Å²) in [6, 6.07) is 4.80. The SMILES string of the molecule is Cc1cnc(NS(=O)(=O)c2ccc3c(c2)CCCO3)o1. The van der Waals surface area contributed by atoms with Gasteiger partial charge in [-0.15, -0.1) is 0 Å². The molecular formula is C13H14N2O4S. The van der Waals surface area contributed by atoms with E-state index in [0.717, 1.165) is 24.2 Å². The Hall–Kier alpha value is -2.02. The summed E-state index contributed by atoms with van der Waals surface area (Å²) in [5, 5.41) is 0. The summed E-state index contributed by atoms with van der Waals surface area (Å²) in [7, 11) is -3.70. The number of rotatable bonds is 3. The third-order valence-electron chi connectivity index (χ3n) is 3.03. The van der Waals surface area contributed by atoms with Crippen LogP contribution in [0.25, 0.3) is 0 Å². The van der Waals surface area contributed by atoms with Crippen molar-refractivity contribution in [3.63, 3.8) is 0 Å². The average Bonchev–Trinajstić information content (AvgIpc) is 2.83. The number of nitrogens with zero attached hydrogens (tertiary/aromatic N) is 1. The minimum atomic E-state index is -3.70. The highest BCUT2D eigenvalue weighted by atomic mass is 32.2. The zero-order chi connectivity index (χ0) is 14.2. The highest BCUT2D eigenvalue weighted by Gasteiger charge is 2.20. The van der Waals surface area contributed by atoms with Crippen LogP contribution in [-0.2, 0) is 16.4 Å². The molecule has 2 aromatic rings. The molecule has 0 spiro atoms. The lowest BCUT2D eigenvalue weighted by atomic mass is 10.1. The van der Waals surface area contributed by atoms with Gasteiger partial charge in [0.05, 0.1) is 17.7 Å². The lowest BCUT2D eigenvalue weighted by molar-refractivity contribution is 0.288. The minimum Gasteiger partial charge on any atom is -0.493 e. The molecule has 3 rings (SSSR count). The molecule has 106 valence electrons. The average molecular weight is 294 g/mol. The molecule has 1 aliphatic heterocycles. The van der Waals surface area contributed by atoms with Gasteiger partial charge in [-0.3, -0.25) is 0 Å². The van der Waals surface area contributed by atoms with Crippen LogP contribution in [0.3, 0.4) is 0 Å². The molecule has 1 N–H and O–H groups in total. The summed E-state index contributed by atoms with van der Waals surface area (Å²) >= 11 is 0. The summed E-state index contributed by atoms with van der Waals surface area (Å²) in [4.78, 5) is 4.01. The number of aryl methyl sites for hydroxylation is 2. The number of oxazole rings is 1. The van der Waals surface area contributed by atoms with Gasteiger partial charge in [-0.05, 0) is 43.5 Å². The van der Waals surface area contributed by atoms with Gasteiger partial charge in [0.1, 0.15) is 11.5 Å². The second kappa shape index (κ2) is 4.82. The van der Waals surface area contributed by atoms with Gasteiger partial charge in [-0.25, -0.2) is 18.1 Å². The fraction of sp³-hybridized carbons (Fsp3) is 0.308. The third kappa shape index (κ3) is 2.49. The summed E-state index contributed by atoms with van der Waals surface area (Å²) < 4.78 is 37.4. The molecule has 0 radical (unpaired) electrons. The lowest BCUT2D eigenvalue weighted by Crippen LogP contribution is -2.15. The number of sulfonamides is 1. The molecule has 2 heterocycles. The quantitative estimate of drug-likeness (QED) is 0.937. The first-order valence-electron chi connectivity index (χ1n) is 6.25. The first-order chi connectivity index (χ1) is 9.54. The van der Waals surface area contributed by atoms with E-state index in [0.29, 0.717) is 12.4 Å². The van der Waals surface area contributed by atoms with Crippen LogP contribution in [0, 0.1) is 6.92 Å². The molecule has 7 heteroatoms. The number of nitrogens with one attached hydrogen (secondary N) is 1. The van der Waals surface area contributed by atoms with Crippen molar-refractivity contribution in [1.82, 2.24) is 4.98 Å². The predicted molar refractivity (Wildman–Crippen MR) is 72.3 cm³/mol. The maximum Gasteiger partial charge on any atom is 0.309 e. The van der Waals surface area contributed by atoms with Crippen molar-refractivity contribution >= 4 is 16.0 Å². The molecule has 0 atom stereocenters. The van der Waals surface area contributed by atoms with Crippen molar-refractivity contribution in [3.8, 4) is 5.75 Å². The van der Waals surface area contributed by atoms with Crippen molar-refractivity contribution < 1.29 is 17.6 Å². The van der Waals surface area contributed by atoms with Gasteiger partial charge in [0.15, 0.2) is 0 Å². The van der Waals surface area contributed by atoms with Gasteiger partial charge in [-0.1, -0.05) is 0 Å². The summed E-state index contributed by atoms with van der Waals surface area (Å²) in [5.74, 6) is 1.30. The van der Waals surface area contributed by atoms with Crippen molar-refractivity contribution in [1.29, 1.82) is 0 Å². The van der Waals surface area contributed by atoms with Crippen molar-refractivity contribution in [2.24, 2.45) is 0 Å². The van der Waals surface area contributed by atoms with Crippen LogP contribution in [0.5, 0.6) is 5.75 Å². The van der Waals surface area contributed by atoms with E-state index in [-0.39, 0.29) is 10.9 Å². The number of aromatic nitrogens is 1. The van der Waals surface area contributed by atoms with E-state index in [1.807, 2.05) is 0 Å². The molecule has 1 aliphatic rings. The Morgan fingerprint density at radius 1 is 1.35 bits per heavy atom. The predicted octanol–water partition coefficient (Wildman–Crippen LogP) is 2.11. The highest BCUT2D eigenvalue weighted by Crippen LogP contribution is 2.28. The van der Waals surface area contributed by atoms with Crippen LogP contribution in [0.2, 0.25) is 0 Å². The number of hydrogen-bond acceptors (Lipinski definition) is 5. The summed E-state index contributed by atoms with van der Waals surface area (Å²) in [6.45, 7) is 2.37. The topological polar surface area (TPSA) is 81.4 Å². The molecule has 20 heavy (non-hydrogen) atoms. The molecule has 0 amide bonds. The highest BCUT2D eigenvalue weighted by molar-refractivity contribution is 7.92. The van der Waals surface area contributed by atoms with Crippen molar-refractivity contribution in [3.05, 3.63) is 35.7 Å². The Morgan fingerprint density at radius 3 is 2.95 bits per heavy atom. The first kappa shape index (κ1) is 13.0. The van der Waals surface area contributed by atoms with Crippen molar-refractivity contribution in [2.45, 2.75) is 24.7 Å². The van der Waals surface area contributed by atoms with E-state index >= 15 is 0 Å². The van der Waals surface area contributed by atoms with Gasteiger partial charge in [0.2, 0.25) is 0 Å². The van der Waals surface area contributed by atoms with Crippen LogP contribution in [0.15, 0.2) is 33.7 Å². The van der Waals surface area contributed by atoms with E-state index in [1.165, 1.54) is 12.3 Å². The van der Waals surface area contributed by atoms with E-state index in [9.17, 15) is 8.42 Å². The molecular weight excluding hydrogens is 280 g/mol. The van der Waals surface area contributed by atoms with E-state index in [4.69, 9.17) is 9.15 Å². The van der Waals surface area contributed by atoms with Gasteiger partial charge < -0.3 is 9.15 Å². The monoisotopic (exact) mass is 294 g/mol. The normalized spacial score (nSPS) is 14.4. The Morgan fingerprint density at radius 2 is 2.20 bits per heavy atom. The van der Waals surface area contributed by atoms with Crippen LogP contribution in [0.4, 0.5) is 6.01 Å². The van der Waals surface area contributed by atoms with Crippen LogP contribution in [-0.4, -0.2) is 20.0 Å². The minimum absolute atomic E-state index is 0.0310. The number of benzene rings is 1. The maximum atomic E-state index is 12.2.